The molecule has 3 aromatic rings. The Morgan fingerprint density at radius 3 is 2.46 bits per heavy atom. The highest BCUT2D eigenvalue weighted by Crippen LogP contribution is 2.27. The molecule has 0 aliphatic carbocycles. The van der Waals surface area contributed by atoms with Gasteiger partial charge in [0.1, 0.15) is 11.5 Å². The van der Waals surface area contributed by atoms with Crippen LogP contribution in [0.25, 0.3) is 5.52 Å². The highest BCUT2D eigenvalue weighted by molar-refractivity contribution is 5.94. The number of pyridine rings is 1. The predicted molar refractivity (Wildman–Crippen MR) is 101 cm³/mol. The van der Waals surface area contributed by atoms with Crippen LogP contribution in [0.2, 0.25) is 0 Å². The SMILES string of the molecule is CC1(C)CN(c2ccc(F)cc2)CCN1C(=O)c1cccc2cccn12. The highest BCUT2D eigenvalue weighted by atomic mass is 19.1. The largest absolute Gasteiger partial charge is 0.367 e. The molecular weight excluding hydrogens is 329 g/mol. The van der Waals surface area contributed by atoms with Crippen molar-refractivity contribution in [1.29, 1.82) is 0 Å². The summed E-state index contributed by atoms with van der Waals surface area (Å²) in [5.74, 6) is -0.197. The minimum atomic E-state index is -0.334. The number of halogens is 1. The van der Waals surface area contributed by atoms with Crippen molar-refractivity contribution in [3.8, 4) is 0 Å². The molecule has 1 aliphatic heterocycles. The van der Waals surface area contributed by atoms with E-state index in [4.69, 9.17) is 0 Å². The number of carbonyl (C=O) groups excluding carboxylic acids is 1. The van der Waals surface area contributed by atoms with Gasteiger partial charge in [0.2, 0.25) is 0 Å². The molecule has 0 saturated carbocycles. The number of amides is 1. The van der Waals surface area contributed by atoms with Crippen molar-refractivity contribution < 1.29 is 9.18 Å². The predicted octanol–water partition coefficient (Wildman–Crippen LogP) is 3.82. The van der Waals surface area contributed by atoms with Gasteiger partial charge in [-0.1, -0.05) is 6.07 Å². The summed E-state index contributed by atoms with van der Waals surface area (Å²) in [6.07, 6.45) is 1.92. The fraction of sp³-hybridized carbons (Fsp3) is 0.286. The highest BCUT2D eigenvalue weighted by Gasteiger charge is 2.37. The number of anilines is 1. The van der Waals surface area contributed by atoms with Crippen LogP contribution in [0.1, 0.15) is 24.3 Å². The average Bonchev–Trinajstić information content (AvgIpc) is 3.09. The Labute approximate surface area is 152 Å². The van der Waals surface area contributed by atoms with Crippen LogP contribution in [0.5, 0.6) is 0 Å². The van der Waals surface area contributed by atoms with Gasteiger partial charge in [0, 0.05) is 37.0 Å². The molecule has 0 unspecified atom stereocenters. The molecule has 1 saturated heterocycles. The molecule has 2 aromatic heterocycles. The molecule has 3 heterocycles. The number of aromatic nitrogens is 1. The van der Waals surface area contributed by atoms with E-state index in [1.807, 2.05) is 45.8 Å². The lowest BCUT2D eigenvalue weighted by Gasteiger charge is -2.48. The van der Waals surface area contributed by atoms with E-state index < -0.39 is 0 Å². The van der Waals surface area contributed by atoms with E-state index in [1.54, 1.807) is 12.1 Å². The van der Waals surface area contributed by atoms with Crippen LogP contribution in [-0.2, 0) is 0 Å². The Kier molecular flexibility index (Phi) is 3.94. The maximum atomic E-state index is 13.3. The number of nitrogens with zero attached hydrogens (tertiary/aromatic N) is 3. The summed E-state index contributed by atoms with van der Waals surface area (Å²) in [4.78, 5) is 17.4. The van der Waals surface area contributed by atoms with Crippen LogP contribution in [0.15, 0.2) is 60.8 Å². The molecule has 5 heteroatoms. The van der Waals surface area contributed by atoms with Crippen molar-refractivity contribution in [2.75, 3.05) is 24.5 Å². The molecule has 134 valence electrons. The molecule has 4 rings (SSSR count). The summed E-state index contributed by atoms with van der Waals surface area (Å²) in [5, 5.41) is 0. The Bertz CT molecular complexity index is 945. The Balaban J connectivity index is 1.59. The van der Waals surface area contributed by atoms with Gasteiger partial charge in [0.05, 0.1) is 5.54 Å². The summed E-state index contributed by atoms with van der Waals surface area (Å²) < 4.78 is 15.1. The number of rotatable bonds is 2. The molecule has 4 nitrogen and oxygen atoms in total. The first-order valence-corrected chi connectivity index (χ1v) is 8.84. The first kappa shape index (κ1) is 16.6. The van der Waals surface area contributed by atoms with Crippen molar-refractivity contribution in [2.24, 2.45) is 0 Å². The summed E-state index contributed by atoms with van der Waals surface area (Å²) in [5.41, 5.74) is 2.34. The van der Waals surface area contributed by atoms with Crippen LogP contribution in [0.3, 0.4) is 0 Å². The van der Waals surface area contributed by atoms with E-state index >= 15 is 0 Å². The lowest BCUT2D eigenvalue weighted by atomic mass is 9.97. The van der Waals surface area contributed by atoms with Gasteiger partial charge in [-0.3, -0.25) is 4.79 Å². The second-order valence-electron chi connectivity index (χ2n) is 7.38. The second kappa shape index (κ2) is 6.16. The molecule has 1 aliphatic rings. The minimum Gasteiger partial charge on any atom is -0.367 e. The average molecular weight is 351 g/mol. The van der Waals surface area contributed by atoms with E-state index in [2.05, 4.69) is 18.7 Å². The third-order valence-corrected chi connectivity index (χ3v) is 5.12. The van der Waals surface area contributed by atoms with Crippen molar-refractivity contribution in [3.05, 3.63) is 72.3 Å². The van der Waals surface area contributed by atoms with Crippen LogP contribution in [-0.4, -0.2) is 40.4 Å². The zero-order valence-electron chi connectivity index (χ0n) is 15.0. The Morgan fingerprint density at radius 1 is 1.00 bits per heavy atom. The number of hydrogen-bond donors (Lipinski definition) is 0. The maximum Gasteiger partial charge on any atom is 0.271 e. The summed E-state index contributed by atoms with van der Waals surface area (Å²) in [6, 6.07) is 16.3. The van der Waals surface area contributed by atoms with Crippen LogP contribution < -0.4 is 4.90 Å². The molecule has 1 amide bonds. The van der Waals surface area contributed by atoms with E-state index in [-0.39, 0.29) is 17.3 Å². The lowest BCUT2D eigenvalue weighted by molar-refractivity contribution is 0.0507. The molecule has 0 bridgehead atoms. The van der Waals surface area contributed by atoms with Gasteiger partial charge in [0.15, 0.2) is 0 Å². The fourth-order valence-electron chi connectivity index (χ4n) is 3.78. The number of piperazine rings is 1. The molecule has 0 radical (unpaired) electrons. The quantitative estimate of drug-likeness (QED) is 0.702. The zero-order chi connectivity index (χ0) is 18.3. The van der Waals surface area contributed by atoms with Crippen LogP contribution in [0.4, 0.5) is 10.1 Å². The van der Waals surface area contributed by atoms with Gasteiger partial charge in [-0.15, -0.1) is 0 Å². The Morgan fingerprint density at radius 2 is 1.73 bits per heavy atom. The molecular formula is C21H22FN3O. The van der Waals surface area contributed by atoms with Crippen LogP contribution in [0, 0.1) is 5.82 Å². The van der Waals surface area contributed by atoms with E-state index in [0.717, 1.165) is 17.7 Å². The lowest BCUT2D eigenvalue weighted by Crippen LogP contribution is -2.61. The van der Waals surface area contributed by atoms with Crippen molar-refractivity contribution in [2.45, 2.75) is 19.4 Å². The number of hydrogen-bond acceptors (Lipinski definition) is 2. The van der Waals surface area contributed by atoms with Gasteiger partial charge >= 0.3 is 0 Å². The van der Waals surface area contributed by atoms with Crippen molar-refractivity contribution in [1.82, 2.24) is 9.30 Å². The number of fused-ring (bicyclic) bond motifs is 1. The van der Waals surface area contributed by atoms with E-state index in [1.165, 1.54) is 12.1 Å². The van der Waals surface area contributed by atoms with E-state index in [0.29, 0.717) is 18.8 Å². The van der Waals surface area contributed by atoms with Gasteiger partial charge in [-0.05, 0) is 62.4 Å². The summed E-state index contributed by atoms with van der Waals surface area (Å²) >= 11 is 0. The fourth-order valence-corrected chi connectivity index (χ4v) is 3.78. The van der Waals surface area contributed by atoms with E-state index in [9.17, 15) is 9.18 Å². The standard InChI is InChI=1S/C21H22FN3O/c1-21(2)15-23(17-10-8-16(22)9-11-17)13-14-25(21)20(26)19-7-3-5-18-6-4-12-24(18)19/h3-12H,13-15H2,1-2H3. The van der Waals surface area contributed by atoms with Gasteiger partial charge < -0.3 is 14.2 Å². The summed E-state index contributed by atoms with van der Waals surface area (Å²) in [7, 11) is 0. The van der Waals surface area contributed by atoms with Crippen molar-refractivity contribution >= 4 is 17.1 Å². The third kappa shape index (κ3) is 2.83. The van der Waals surface area contributed by atoms with Gasteiger partial charge in [0.25, 0.3) is 5.91 Å². The second-order valence-corrected chi connectivity index (χ2v) is 7.38. The first-order chi connectivity index (χ1) is 12.5. The summed E-state index contributed by atoms with van der Waals surface area (Å²) in [6.45, 7) is 6.21. The van der Waals surface area contributed by atoms with Gasteiger partial charge in [-0.2, -0.15) is 0 Å². The molecule has 0 atom stereocenters. The molecule has 1 fully saturated rings. The number of carbonyl (C=O) groups is 1. The smallest absolute Gasteiger partial charge is 0.271 e. The number of benzene rings is 1. The normalized spacial score (nSPS) is 16.9. The first-order valence-electron chi connectivity index (χ1n) is 8.84. The topological polar surface area (TPSA) is 28.0 Å². The van der Waals surface area contributed by atoms with Gasteiger partial charge in [-0.25, -0.2) is 4.39 Å². The van der Waals surface area contributed by atoms with Crippen molar-refractivity contribution in [3.63, 3.8) is 0 Å². The van der Waals surface area contributed by atoms with Crippen LogP contribution >= 0.6 is 0 Å². The molecule has 0 spiro atoms. The third-order valence-electron chi connectivity index (χ3n) is 5.12. The molecule has 26 heavy (non-hydrogen) atoms. The monoisotopic (exact) mass is 351 g/mol. The Hall–Kier alpha value is -2.82. The minimum absolute atomic E-state index is 0.0376. The maximum absolute atomic E-state index is 13.3. The zero-order valence-corrected chi connectivity index (χ0v) is 15.0. The molecule has 0 N–H and O–H groups in total. The molecule has 1 aromatic carbocycles.